The highest BCUT2D eigenvalue weighted by molar-refractivity contribution is 9.10. The number of anilines is 1. The van der Waals surface area contributed by atoms with Gasteiger partial charge in [0.1, 0.15) is 10.1 Å². The van der Waals surface area contributed by atoms with E-state index in [2.05, 4.69) is 25.9 Å². The third kappa shape index (κ3) is 4.54. The second kappa shape index (κ2) is 6.97. The topological polar surface area (TPSA) is 67.7 Å². The average molecular weight is 413 g/mol. The van der Waals surface area contributed by atoms with Gasteiger partial charge in [-0.2, -0.15) is 5.10 Å². The lowest BCUT2D eigenvalue weighted by Gasteiger charge is -2.36. The lowest BCUT2D eigenvalue weighted by molar-refractivity contribution is 0.0240. The van der Waals surface area contributed by atoms with Crippen molar-refractivity contribution >= 4 is 27.7 Å². The minimum Gasteiger partial charge on any atom is -0.444 e. The third-order valence-corrected chi connectivity index (χ3v) is 5.11. The van der Waals surface area contributed by atoms with Gasteiger partial charge in [-0.05, 0) is 55.5 Å². The van der Waals surface area contributed by atoms with Crippen LogP contribution in [0.25, 0.3) is 0 Å². The van der Waals surface area contributed by atoms with E-state index in [0.717, 1.165) is 5.69 Å². The molecule has 0 atom stereocenters. The van der Waals surface area contributed by atoms with Crippen molar-refractivity contribution in [2.75, 3.05) is 31.1 Å². The van der Waals surface area contributed by atoms with Crippen molar-refractivity contribution in [1.82, 2.24) is 14.7 Å². The Morgan fingerprint density at radius 1 is 1.28 bits per heavy atom. The van der Waals surface area contributed by atoms with Crippen LogP contribution in [0.1, 0.15) is 33.6 Å². The van der Waals surface area contributed by atoms with Gasteiger partial charge in [-0.1, -0.05) is 0 Å². The van der Waals surface area contributed by atoms with Gasteiger partial charge < -0.3 is 14.5 Å². The lowest BCUT2D eigenvalue weighted by atomic mass is 10.2. The molecular formula is C17H25BrN4O3. The minimum absolute atomic E-state index is 0.0843. The number of piperazine rings is 1. The van der Waals surface area contributed by atoms with Crippen molar-refractivity contribution in [2.45, 2.75) is 45.8 Å². The van der Waals surface area contributed by atoms with Gasteiger partial charge in [0.2, 0.25) is 0 Å². The molecule has 0 unspecified atom stereocenters. The molecule has 1 aliphatic carbocycles. The molecule has 0 radical (unpaired) electrons. The van der Waals surface area contributed by atoms with Gasteiger partial charge in [0, 0.05) is 32.7 Å². The molecule has 1 aliphatic heterocycles. The van der Waals surface area contributed by atoms with E-state index >= 15 is 0 Å². The largest absolute Gasteiger partial charge is 0.444 e. The quantitative estimate of drug-likeness (QED) is 0.762. The first-order valence-electron chi connectivity index (χ1n) is 8.73. The summed E-state index contributed by atoms with van der Waals surface area (Å²) in [5.41, 5.74) is 0.215. The number of halogens is 1. The molecule has 8 heteroatoms. The van der Waals surface area contributed by atoms with E-state index in [1.54, 1.807) is 15.8 Å². The van der Waals surface area contributed by atoms with Crippen molar-refractivity contribution < 1.29 is 9.53 Å². The first kappa shape index (κ1) is 18.2. The van der Waals surface area contributed by atoms with Crippen LogP contribution in [0.2, 0.25) is 0 Å². The Hall–Kier alpha value is -1.57. The monoisotopic (exact) mass is 412 g/mol. The Labute approximate surface area is 156 Å². The highest BCUT2D eigenvalue weighted by Crippen LogP contribution is 2.30. The van der Waals surface area contributed by atoms with E-state index in [0.29, 0.717) is 43.1 Å². The minimum atomic E-state index is -0.493. The third-order valence-electron chi connectivity index (χ3n) is 4.37. The van der Waals surface area contributed by atoms with Crippen molar-refractivity contribution in [1.29, 1.82) is 0 Å². The van der Waals surface area contributed by atoms with E-state index in [4.69, 9.17) is 4.74 Å². The molecule has 0 aromatic carbocycles. The van der Waals surface area contributed by atoms with Gasteiger partial charge in [0.05, 0.1) is 11.9 Å². The molecule has 0 spiro atoms. The van der Waals surface area contributed by atoms with Crippen LogP contribution in [-0.4, -0.2) is 52.6 Å². The van der Waals surface area contributed by atoms with Gasteiger partial charge in [-0.3, -0.25) is 4.79 Å². The van der Waals surface area contributed by atoms with Gasteiger partial charge in [-0.15, -0.1) is 0 Å². The number of amides is 1. The molecule has 138 valence electrons. The number of hydrogen-bond acceptors (Lipinski definition) is 5. The zero-order valence-corrected chi connectivity index (χ0v) is 16.6. The van der Waals surface area contributed by atoms with Crippen molar-refractivity contribution in [3.05, 3.63) is 21.0 Å². The van der Waals surface area contributed by atoms with Crippen LogP contribution in [0.15, 0.2) is 15.5 Å². The molecule has 2 aliphatic rings. The number of hydrogen-bond donors (Lipinski definition) is 0. The molecule has 25 heavy (non-hydrogen) atoms. The van der Waals surface area contributed by atoms with Gasteiger partial charge in [0.25, 0.3) is 5.56 Å². The summed E-state index contributed by atoms with van der Waals surface area (Å²) >= 11 is 3.44. The zero-order valence-electron chi connectivity index (χ0n) is 15.0. The first-order valence-corrected chi connectivity index (χ1v) is 9.52. The number of aromatic nitrogens is 2. The van der Waals surface area contributed by atoms with Crippen LogP contribution >= 0.6 is 15.9 Å². The number of nitrogens with zero attached hydrogens (tertiary/aromatic N) is 4. The fourth-order valence-corrected chi connectivity index (χ4v) is 3.37. The second-order valence-corrected chi connectivity index (χ2v) is 8.52. The van der Waals surface area contributed by atoms with Gasteiger partial charge in [-0.25, -0.2) is 9.48 Å². The van der Waals surface area contributed by atoms with Gasteiger partial charge in [0.15, 0.2) is 0 Å². The summed E-state index contributed by atoms with van der Waals surface area (Å²) in [6.45, 7) is 8.70. The number of ether oxygens (including phenoxy) is 1. The Balaban J connectivity index is 1.64. The summed E-state index contributed by atoms with van der Waals surface area (Å²) in [5.74, 6) is 0.598. The lowest BCUT2D eigenvalue weighted by Crippen LogP contribution is -2.50. The summed E-state index contributed by atoms with van der Waals surface area (Å²) in [6, 6.07) is 0. The SMILES string of the molecule is CC(C)(C)OC(=O)N1CCN(c2cnn(CC3CC3)c(=O)c2Br)CC1. The second-order valence-electron chi connectivity index (χ2n) is 7.73. The summed E-state index contributed by atoms with van der Waals surface area (Å²) in [5, 5.41) is 4.32. The molecule has 1 saturated heterocycles. The molecule has 7 nitrogen and oxygen atoms in total. The Bertz CT molecular complexity index is 701. The van der Waals surface area contributed by atoms with Crippen molar-refractivity contribution in [2.24, 2.45) is 5.92 Å². The zero-order chi connectivity index (χ0) is 18.2. The fourth-order valence-electron chi connectivity index (χ4n) is 2.81. The van der Waals surface area contributed by atoms with E-state index in [-0.39, 0.29) is 11.7 Å². The molecule has 1 saturated carbocycles. The normalized spacial score (nSPS) is 18.4. The van der Waals surface area contributed by atoms with E-state index in [1.807, 2.05) is 20.8 Å². The van der Waals surface area contributed by atoms with Crippen LogP contribution in [0.3, 0.4) is 0 Å². The molecule has 1 aromatic rings. The van der Waals surface area contributed by atoms with Crippen molar-refractivity contribution in [3.8, 4) is 0 Å². The summed E-state index contributed by atoms with van der Waals surface area (Å²) in [4.78, 5) is 28.4. The van der Waals surface area contributed by atoms with Crippen LogP contribution in [0, 0.1) is 5.92 Å². The molecule has 0 N–H and O–H groups in total. The number of rotatable bonds is 3. The summed E-state index contributed by atoms with van der Waals surface area (Å²) in [6.07, 6.45) is 3.82. The molecule has 1 amide bonds. The first-order chi connectivity index (χ1) is 11.7. The molecular weight excluding hydrogens is 388 g/mol. The van der Waals surface area contributed by atoms with Crippen LogP contribution in [0.5, 0.6) is 0 Å². The Morgan fingerprint density at radius 3 is 2.48 bits per heavy atom. The maximum atomic E-state index is 12.5. The molecule has 0 bridgehead atoms. The number of carbonyl (C=O) groups is 1. The van der Waals surface area contributed by atoms with Gasteiger partial charge >= 0.3 is 6.09 Å². The standard InChI is InChI=1S/C17H25BrN4O3/c1-17(2,3)25-16(24)21-8-6-20(7-9-21)13-10-19-22(11-12-4-5-12)15(23)14(13)18/h10,12H,4-9,11H2,1-3H3. The fraction of sp³-hybridized carbons (Fsp3) is 0.706. The Kier molecular flexibility index (Phi) is 5.09. The predicted molar refractivity (Wildman–Crippen MR) is 98.9 cm³/mol. The summed E-state index contributed by atoms with van der Waals surface area (Å²) < 4.78 is 7.51. The van der Waals surface area contributed by atoms with E-state index < -0.39 is 5.60 Å². The van der Waals surface area contributed by atoms with Crippen LogP contribution in [-0.2, 0) is 11.3 Å². The highest BCUT2D eigenvalue weighted by atomic mass is 79.9. The van der Waals surface area contributed by atoms with Crippen LogP contribution in [0.4, 0.5) is 10.5 Å². The average Bonchev–Trinajstić information content (AvgIpc) is 3.35. The summed E-state index contributed by atoms with van der Waals surface area (Å²) in [7, 11) is 0. The maximum Gasteiger partial charge on any atom is 0.410 e. The molecule has 1 aromatic heterocycles. The number of carbonyl (C=O) groups excluding carboxylic acids is 1. The van der Waals surface area contributed by atoms with E-state index in [1.165, 1.54) is 12.8 Å². The smallest absolute Gasteiger partial charge is 0.410 e. The Morgan fingerprint density at radius 2 is 1.92 bits per heavy atom. The molecule has 2 fully saturated rings. The molecule has 3 rings (SSSR count). The van der Waals surface area contributed by atoms with Crippen molar-refractivity contribution in [3.63, 3.8) is 0 Å². The highest BCUT2D eigenvalue weighted by Gasteiger charge is 2.28. The predicted octanol–water partition coefficient (Wildman–Crippen LogP) is 2.47. The van der Waals surface area contributed by atoms with Crippen LogP contribution < -0.4 is 10.5 Å². The maximum absolute atomic E-state index is 12.5. The molecule has 2 heterocycles. The van der Waals surface area contributed by atoms with E-state index in [9.17, 15) is 9.59 Å².